The molecule has 2 aliphatic rings. The molecular formula is C16H24N6O. The summed E-state index contributed by atoms with van der Waals surface area (Å²) < 4.78 is 0. The third kappa shape index (κ3) is 3.10. The first-order chi connectivity index (χ1) is 11.1. The fourth-order valence-electron chi connectivity index (χ4n) is 3.42. The van der Waals surface area contributed by atoms with E-state index in [0.717, 1.165) is 37.1 Å². The maximum Gasteiger partial charge on any atom is 0.220 e. The highest BCUT2D eigenvalue weighted by Gasteiger charge is 2.42. The van der Waals surface area contributed by atoms with Crippen LogP contribution in [0.25, 0.3) is 0 Å². The van der Waals surface area contributed by atoms with Crippen LogP contribution < -0.4 is 21.7 Å². The molecule has 0 amide bonds. The molecule has 1 aliphatic heterocycles. The number of aliphatic hydroxyl groups excluding tert-OH is 1. The first-order valence-electron chi connectivity index (χ1n) is 8.09. The van der Waals surface area contributed by atoms with Gasteiger partial charge in [0, 0.05) is 17.9 Å². The number of guanidine groups is 2. The predicted molar refractivity (Wildman–Crippen MR) is 93.6 cm³/mol. The normalized spacial score (nSPS) is 20.1. The number of anilines is 2. The summed E-state index contributed by atoms with van der Waals surface area (Å²) in [6.45, 7) is 0.627. The standard InChI is InChI=1S/C16H24N6O/c17-14-20-15(18)22(16(21-14)8-2-1-3-9-16)13-6-4-12(5-7-13)19-10-11-23/h4-7,19,23H,1-3,8-11H2,(H4,17,18,20,21). The van der Waals surface area contributed by atoms with Crippen LogP contribution in [0, 0.1) is 0 Å². The summed E-state index contributed by atoms with van der Waals surface area (Å²) in [6.07, 6.45) is 5.28. The van der Waals surface area contributed by atoms with Crippen molar-refractivity contribution in [3.05, 3.63) is 24.3 Å². The average molecular weight is 316 g/mol. The third-order valence-electron chi connectivity index (χ3n) is 4.42. The monoisotopic (exact) mass is 316 g/mol. The summed E-state index contributed by atoms with van der Waals surface area (Å²) in [5.74, 6) is 0.664. The van der Waals surface area contributed by atoms with E-state index in [0.29, 0.717) is 12.5 Å². The number of rotatable bonds is 4. The van der Waals surface area contributed by atoms with Gasteiger partial charge in [-0.15, -0.1) is 0 Å². The van der Waals surface area contributed by atoms with E-state index in [1.54, 1.807) is 0 Å². The van der Waals surface area contributed by atoms with E-state index in [1.807, 2.05) is 29.2 Å². The smallest absolute Gasteiger partial charge is 0.220 e. The summed E-state index contributed by atoms with van der Waals surface area (Å²) in [6, 6.07) is 7.93. The van der Waals surface area contributed by atoms with Crippen LogP contribution in [-0.2, 0) is 0 Å². The molecule has 0 aromatic heterocycles. The molecule has 0 bridgehead atoms. The van der Waals surface area contributed by atoms with Crippen molar-refractivity contribution >= 4 is 23.3 Å². The molecular weight excluding hydrogens is 292 g/mol. The fraction of sp³-hybridized carbons (Fsp3) is 0.500. The van der Waals surface area contributed by atoms with Crippen molar-refractivity contribution in [3.8, 4) is 0 Å². The van der Waals surface area contributed by atoms with Gasteiger partial charge in [-0.2, -0.15) is 4.99 Å². The second kappa shape index (κ2) is 6.45. The number of hydrogen-bond acceptors (Lipinski definition) is 7. The molecule has 124 valence electrons. The van der Waals surface area contributed by atoms with E-state index in [9.17, 15) is 0 Å². The molecule has 0 unspecified atom stereocenters. The maximum atomic E-state index is 8.88. The molecule has 23 heavy (non-hydrogen) atoms. The Morgan fingerprint density at radius 3 is 2.48 bits per heavy atom. The Hall–Kier alpha value is -2.28. The van der Waals surface area contributed by atoms with Gasteiger partial charge >= 0.3 is 0 Å². The van der Waals surface area contributed by atoms with Crippen LogP contribution in [0.2, 0.25) is 0 Å². The van der Waals surface area contributed by atoms with Crippen LogP contribution in [-0.4, -0.2) is 35.8 Å². The minimum atomic E-state index is -0.409. The third-order valence-corrected chi connectivity index (χ3v) is 4.42. The van der Waals surface area contributed by atoms with Gasteiger partial charge in [0.05, 0.1) is 6.61 Å². The lowest BCUT2D eigenvalue weighted by Crippen LogP contribution is -2.58. The molecule has 0 radical (unpaired) electrons. The van der Waals surface area contributed by atoms with Crippen LogP contribution in [0.1, 0.15) is 32.1 Å². The van der Waals surface area contributed by atoms with Gasteiger partial charge in [-0.05, 0) is 49.9 Å². The van der Waals surface area contributed by atoms with Gasteiger partial charge in [0.1, 0.15) is 5.66 Å². The number of aliphatic imine (C=N–C) groups is 2. The van der Waals surface area contributed by atoms with Crippen LogP contribution in [0.5, 0.6) is 0 Å². The lowest BCUT2D eigenvalue weighted by molar-refractivity contribution is 0.305. The first-order valence-corrected chi connectivity index (χ1v) is 8.09. The summed E-state index contributed by atoms with van der Waals surface area (Å²) >= 11 is 0. The van der Waals surface area contributed by atoms with Crippen LogP contribution in [0.4, 0.5) is 11.4 Å². The minimum Gasteiger partial charge on any atom is -0.395 e. The fourth-order valence-corrected chi connectivity index (χ4v) is 3.42. The molecule has 1 spiro atoms. The van der Waals surface area contributed by atoms with Crippen LogP contribution in [0.3, 0.4) is 0 Å². The molecule has 1 aromatic rings. The van der Waals surface area contributed by atoms with Gasteiger partial charge in [-0.1, -0.05) is 6.42 Å². The Bertz CT molecular complexity index is 604. The van der Waals surface area contributed by atoms with E-state index in [4.69, 9.17) is 16.6 Å². The summed E-state index contributed by atoms with van der Waals surface area (Å²) in [4.78, 5) is 10.8. The van der Waals surface area contributed by atoms with E-state index < -0.39 is 5.66 Å². The zero-order valence-electron chi connectivity index (χ0n) is 13.2. The summed E-state index contributed by atoms with van der Waals surface area (Å²) in [5.41, 5.74) is 13.6. The number of nitrogens with zero attached hydrogens (tertiary/aromatic N) is 3. The number of nitrogens with two attached hydrogens (primary N) is 2. The summed E-state index contributed by atoms with van der Waals surface area (Å²) in [5, 5.41) is 12.0. The average Bonchev–Trinajstić information content (AvgIpc) is 2.54. The van der Waals surface area contributed by atoms with Crippen molar-refractivity contribution in [1.29, 1.82) is 0 Å². The largest absolute Gasteiger partial charge is 0.395 e. The Labute approximate surface area is 136 Å². The maximum absolute atomic E-state index is 8.88. The summed E-state index contributed by atoms with van der Waals surface area (Å²) in [7, 11) is 0. The number of hydrogen-bond donors (Lipinski definition) is 4. The molecule has 1 saturated carbocycles. The van der Waals surface area contributed by atoms with Gasteiger partial charge < -0.3 is 21.9 Å². The van der Waals surface area contributed by atoms with Gasteiger partial charge in [0.15, 0.2) is 0 Å². The lowest BCUT2D eigenvalue weighted by atomic mass is 9.87. The Morgan fingerprint density at radius 2 is 1.83 bits per heavy atom. The van der Waals surface area contributed by atoms with Crippen molar-refractivity contribution < 1.29 is 5.11 Å². The minimum absolute atomic E-state index is 0.102. The second-order valence-corrected chi connectivity index (χ2v) is 6.02. The van der Waals surface area contributed by atoms with E-state index in [2.05, 4.69) is 15.3 Å². The van der Waals surface area contributed by atoms with Crippen molar-refractivity contribution in [2.45, 2.75) is 37.8 Å². The molecule has 7 nitrogen and oxygen atoms in total. The second-order valence-electron chi connectivity index (χ2n) is 6.02. The molecule has 1 aliphatic carbocycles. The molecule has 1 fully saturated rings. The Balaban J connectivity index is 1.90. The lowest BCUT2D eigenvalue weighted by Gasteiger charge is -2.45. The van der Waals surface area contributed by atoms with Gasteiger partial charge in [-0.25, -0.2) is 4.99 Å². The highest BCUT2D eigenvalue weighted by atomic mass is 16.3. The van der Waals surface area contributed by atoms with Crippen molar-refractivity contribution in [3.63, 3.8) is 0 Å². The number of aliphatic hydroxyl groups is 1. The highest BCUT2D eigenvalue weighted by molar-refractivity contribution is 6.05. The SMILES string of the molecule is NC1=NC2(CCCCC2)N(c2ccc(NCCO)cc2)C(N)=N1. The molecule has 1 aromatic carbocycles. The molecule has 0 atom stereocenters. The van der Waals surface area contributed by atoms with Crippen molar-refractivity contribution in [2.75, 3.05) is 23.4 Å². The zero-order valence-corrected chi connectivity index (χ0v) is 13.2. The van der Waals surface area contributed by atoms with Crippen LogP contribution >= 0.6 is 0 Å². The van der Waals surface area contributed by atoms with Crippen molar-refractivity contribution in [2.24, 2.45) is 21.5 Å². The predicted octanol–water partition coefficient (Wildman–Crippen LogP) is 1.20. The molecule has 7 heteroatoms. The Kier molecular flexibility index (Phi) is 4.38. The number of benzene rings is 1. The van der Waals surface area contributed by atoms with Gasteiger partial charge in [-0.3, -0.25) is 4.90 Å². The Morgan fingerprint density at radius 1 is 1.13 bits per heavy atom. The van der Waals surface area contributed by atoms with Crippen molar-refractivity contribution in [1.82, 2.24) is 0 Å². The molecule has 3 rings (SSSR count). The van der Waals surface area contributed by atoms with Gasteiger partial charge in [0.2, 0.25) is 11.9 Å². The zero-order chi connectivity index (χ0) is 16.3. The topological polar surface area (TPSA) is 112 Å². The quantitative estimate of drug-likeness (QED) is 0.667. The first kappa shape index (κ1) is 15.6. The molecule has 0 saturated heterocycles. The van der Waals surface area contributed by atoms with Crippen LogP contribution in [0.15, 0.2) is 34.3 Å². The van der Waals surface area contributed by atoms with E-state index in [-0.39, 0.29) is 12.6 Å². The molecule has 6 N–H and O–H groups in total. The van der Waals surface area contributed by atoms with Gasteiger partial charge in [0.25, 0.3) is 0 Å². The number of nitrogens with one attached hydrogen (secondary N) is 1. The van der Waals surface area contributed by atoms with E-state index in [1.165, 1.54) is 6.42 Å². The van der Waals surface area contributed by atoms with E-state index >= 15 is 0 Å². The molecule has 1 heterocycles. The highest BCUT2D eigenvalue weighted by Crippen LogP contribution is 2.39.